The molecule has 0 radical (unpaired) electrons. The molecule has 1 saturated carbocycles. The molecule has 5 nitrogen and oxygen atoms in total. The topological polar surface area (TPSA) is 69.6 Å². The Morgan fingerprint density at radius 2 is 1.96 bits per heavy atom. The van der Waals surface area contributed by atoms with Gasteiger partial charge in [0.05, 0.1) is 5.41 Å². The Bertz CT molecular complexity index is 610. The summed E-state index contributed by atoms with van der Waals surface area (Å²) in [6, 6.07) is 8.57. The molecule has 5 heteroatoms. The lowest BCUT2D eigenvalue weighted by atomic mass is 9.66. The molecule has 24 heavy (non-hydrogen) atoms. The average molecular weight is 330 g/mol. The molecule has 1 aromatic rings. The van der Waals surface area contributed by atoms with Gasteiger partial charge < -0.3 is 10.4 Å². The van der Waals surface area contributed by atoms with E-state index in [4.69, 9.17) is 0 Å². The van der Waals surface area contributed by atoms with Crippen LogP contribution < -0.4 is 5.32 Å². The molecule has 1 fully saturated rings. The molecule has 2 N–H and O–H groups in total. The minimum absolute atomic E-state index is 0.124. The highest BCUT2D eigenvalue weighted by molar-refractivity contribution is 5.85. The van der Waals surface area contributed by atoms with Crippen molar-refractivity contribution in [3.8, 4) is 0 Å². The number of amides is 1. The summed E-state index contributed by atoms with van der Waals surface area (Å²) in [7, 11) is 0. The first kappa shape index (κ1) is 17.0. The van der Waals surface area contributed by atoms with E-state index in [1.165, 1.54) is 11.1 Å². The SMILES string of the molecule is O=C(CC1(C(=O)O)CCC1)NCCCN1CCc2ccccc2C1. The lowest BCUT2D eigenvalue weighted by molar-refractivity contribution is -0.157. The fourth-order valence-corrected chi connectivity index (χ4v) is 3.72. The number of carbonyl (C=O) groups is 2. The van der Waals surface area contributed by atoms with Gasteiger partial charge >= 0.3 is 5.97 Å². The van der Waals surface area contributed by atoms with Crippen molar-refractivity contribution in [2.45, 2.75) is 45.1 Å². The van der Waals surface area contributed by atoms with Crippen molar-refractivity contribution >= 4 is 11.9 Å². The Morgan fingerprint density at radius 3 is 2.62 bits per heavy atom. The minimum atomic E-state index is -0.823. The fourth-order valence-electron chi connectivity index (χ4n) is 3.72. The number of carboxylic acid groups (broad SMARTS) is 1. The van der Waals surface area contributed by atoms with Gasteiger partial charge in [0, 0.05) is 32.6 Å². The summed E-state index contributed by atoms with van der Waals surface area (Å²) < 4.78 is 0. The number of rotatable bonds is 7. The van der Waals surface area contributed by atoms with Crippen molar-refractivity contribution in [3.05, 3.63) is 35.4 Å². The number of hydrogen-bond donors (Lipinski definition) is 2. The summed E-state index contributed by atoms with van der Waals surface area (Å²) in [6.45, 7) is 3.62. The Labute approximate surface area is 143 Å². The Morgan fingerprint density at radius 1 is 1.21 bits per heavy atom. The van der Waals surface area contributed by atoms with E-state index in [0.717, 1.165) is 38.9 Å². The van der Waals surface area contributed by atoms with E-state index in [1.54, 1.807) is 0 Å². The third-order valence-electron chi connectivity index (χ3n) is 5.45. The maximum atomic E-state index is 12.0. The van der Waals surface area contributed by atoms with E-state index in [2.05, 4.69) is 34.5 Å². The Hall–Kier alpha value is -1.88. The fraction of sp³-hybridized carbons (Fsp3) is 0.579. The monoisotopic (exact) mass is 330 g/mol. The summed E-state index contributed by atoms with van der Waals surface area (Å²) in [5.41, 5.74) is 2.06. The first-order chi connectivity index (χ1) is 11.6. The van der Waals surface area contributed by atoms with Crippen LogP contribution in [0, 0.1) is 5.41 Å². The van der Waals surface area contributed by atoms with E-state index in [1.807, 2.05) is 0 Å². The number of nitrogens with zero attached hydrogens (tertiary/aromatic N) is 1. The first-order valence-electron chi connectivity index (χ1n) is 8.88. The molecule has 1 aromatic carbocycles. The predicted octanol–water partition coefficient (Wildman–Crippen LogP) is 2.20. The molecular formula is C19H26N2O3. The van der Waals surface area contributed by atoms with Gasteiger partial charge in [0.2, 0.25) is 5.91 Å². The van der Waals surface area contributed by atoms with E-state index >= 15 is 0 Å². The largest absolute Gasteiger partial charge is 0.481 e. The van der Waals surface area contributed by atoms with E-state index in [9.17, 15) is 14.7 Å². The molecule has 1 aliphatic carbocycles. The normalized spacial score (nSPS) is 19.2. The van der Waals surface area contributed by atoms with Crippen LogP contribution in [0.3, 0.4) is 0 Å². The molecule has 0 aromatic heterocycles. The van der Waals surface area contributed by atoms with Crippen molar-refractivity contribution in [1.82, 2.24) is 10.2 Å². The van der Waals surface area contributed by atoms with E-state index in [-0.39, 0.29) is 12.3 Å². The Kier molecular flexibility index (Phi) is 5.19. The molecule has 1 aliphatic heterocycles. The average Bonchev–Trinajstić information content (AvgIpc) is 2.54. The van der Waals surface area contributed by atoms with Gasteiger partial charge in [-0.1, -0.05) is 30.7 Å². The zero-order chi connectivity index (χ0) is 17.0. The molecule has 0 saturated heterocycles. The lowest BCUT2D eigenvalue weighted by Gasteiger charge is -2.36. The number of carbonyl (C=O) groups excluding carboxylic acids is 1. The molecule has 1 amide bonds. The standard InChI is InChI=1S/C19H26N2O3/c22-17(13-19(18(23)24)8-3-9-19)20-10-4-11-21-12-7-15-5-1-2-6-16(15)14-21/h1-2,5-6H,3-4,7-14H2,(H,20,22)(H,23,24). The van der Waals surface area contributed by atoms with E-state index in [0.29, 0.717) is 19.4 Å². The van der Waals surface area contributed by atoms with Crippen LogP contribution in [0.1, 0.15) is 43.2 Å². The quantitative estimate of drug-likeness (QED) is 0.752. The molecule has 0 unspecified atom stereocenters. The maximum absolute atomic E-state index is 12.0. The molecule has 0 atom stereocenters. The van der Waals surface area contributed by atoms with Gasteiger partial charge in [0.1, 0.15) is 0 Å². The second-order valence-corrected chi connectivity index (χ2v) is 7.11. The number of aliphatic carboxylic acids is 1. The van der Waals surface area contributed by atoms with Gasteiger partial charge in [-0.25, -0.2) is 0 Å². The summed E-state index contributed by atoms with van der Waals surface area (Å²) in [4.78, 5) is 25.7. The van der Waals surface area contributed by atoms with Crippen molar-refractivity contribution in [1.29, 1.82) is 0 Å². The molecule has 1 heterocycles. The smallest absolute Gasteiger partial charge is 0.310 e. The lowest BCUT2D eigenvalue weighted by Crippen LogP contribution is -2.43. The molecule has 0 bridgehead atoms. The number of carboxylic acids is 1. The highest BCUT2D eigenvalue weighted by Gasteiger charge is 2.45. The zero-order valence-electron chi connectivity index (χ0n) is 14.1. The summed E-state index contributed by atoms with van der Waals surface area (Å²) >= 11 is 0. The second kappa shape index (κ2) is 7.34. The van der Waals surface area contributed by atoms with Crippen LogP contribution in [-0.4, -0.2) is 41.5 Å². The van der Waals surface area contributed by atoms with Crippen LogP contribution in [0.25, 0.3) is 0 Å². The van der Waals surface area contributed by atoms with Crippen LogP contribution >= 0.6 is 0 Å². The van der Waals surface area contributed by atoms with Crippen molar-refractivity contribution in [2.24, 2.45) is 5.41 Å². The van der Waals surface area contributed by atoms with Gasteiger partial charge in [-0.2, -0.15) is 0 Å². The van der Waals surface area contributed by atoms with Gasteiger partial charge in [0.15, 0.2) is 0 Å². The van der Waals surface area contributed by atoms with Crippen LogP contribution in [0.4, 0.5) is 0 Å². The van der Waals surface area contributed by atoms with E-state index < -0.39 is 11.4 Å². The van der Waals surface area contributed by atoms with Crippen LogP contribution in [-0.2, 0) is 22.6 Å². The zero-order valence-corrected chi connectivity index (χ0v) is 14.1. The third-order valence-corrected chi connectivity index (χ3v) is 5.45. The molecule has 2 aliphatic rings. The number of nitrogens with one attached hydrogen (secondary N) is 1. The van der Waals surface area contributed by atoms with Crippen LogP contribution in [0.5, 0.6) is 0 Å². The number of fused-ring (bicyclic) bond motifs is 1. The van der Waals surface area contributed by atoms with Gasteiger partial charge in [-0.3, -0.25) is 14.5 Å². The third kappa shape index (κ3) is 3.78. The van der Waals surface area contributed by atoms with Crippen LogP contribution in [0.2, 0.25) is 0 Å². The second-order valence-electron chi connectivity index (χ2n) is 7.11. The van der Waals surface area contributed by atoms with Crippen LogP contribution in [0.15, 0.2) is 24.3 Å². The molecular weight excluding hydrogens is 304 g/mol. The number of hydrogen-bond acceptors (Lipinski definition) is 3. The Balaban J connectivity index is 1.36. The predicted molar refractivity (Wildman–Crippen MR) is 91.6 cm³/mol. The van der Waals surface area contributed by atoms with Gasteiger partial charge in [0.25, 0.3) is 0 Å². The van der Waals surface area contributed by atoms with Crippen molar-refractivity contribution < 1.29 is 14.7 Å². The summed E-state index contributed by atoms with van der Waals surface area (Å²) in [5, 5.41) is 12.2. The highest BCUT2D eigenvalue weighted by Crippen LogP contribution is 2.44. The van der Waals surface area contributed by atoms with Crippen molar-refractivity contribution in [3.63, 3.8) is 0 Å². The maximum Gasteiger partial charge on any atom is 0.310 e. The first-order valence-corrected chi connectivity index (χ1v) is 8.88. The van der Waals surface area contributed by atoms with Gasteiger partial charge in [-0.15, -0.1) is 0 Å². The number of benzene rings is 1. The highest BCUT2D eigenvalue weighted by atomic mass is 16.4. The molecule has 130 valence electrons. The van der Waals surface area contributed by atoms with Crippen molar-refractivity contribution in [2.75, 3.05) is 19.6 Å². The minimum Gasteiger partial charge on any atom is -0.481 e. The molecule has 0 spiro atoms. The van der Waals surface area contributed by atoms with Gasteiger partial charge in [-0.05, 0) is 36.8 Å². The summed E-state index contributed by atoms with van der Waals surface area (Å²) in [6.07, 6.45) is 4.28. The summed E-state index contributed by atoms with van der Waals surface area (Å²) in [5.74, 6) is -0.947. The molecule has 3 rings (SSSR count).